The molecule has 0 unspecified atom stereocenters. The molecule has 1 aliphatic heterocycles. The fourth-order valence-corrected chi connectivity index (χ4v) is 8.62. The van der Waals surface area contributed by atoms with E-state index in [1.165, 1.54) is 0 Å². The third-order valence-electron chi connectivity index (χ3n) is 11.3. The maximum absolute atomic E-state index is 8.99. The van der Waals surface area contributed by atoms with Crippen LogP contribution in [-0.2, 0) is 21.1 Å². The van der Waals surface area contributed by atoms with Crippen LogP contribution in [0.25, 0.3) is 66.7 Å². The minimum atomic E-state index is -0.465. The van der Waals surface area contributed by atoms with Crippen LogP contribution >= 0.6 is 0 Å². The zero-order valence-corrected chi connectivity index (χ0v) is 35.6. The zero-order valence-electron chi connectivity index (χ0n) is 38.4. The number of hydrogen-bond acceptors (Lipinski definition) is 4. The minimum absolute atomic E-state index is 0. The van der Waals surface area contributed by atoms with Gasteiger partial charge in [0.25, 0.3) is 0 Å². The zero-order chi connectivity index (χ0) is 45.3. The molecule has 0 radical (unpaired) electrons. The maximum atomic E-state index is 8.99. The van der Waals surface area contributed by atoms with Crippen molar-refractivity contribution < 1.29 is 32.7 Å². The van der Waals surface area contributed by atoms with Crippen molar-refractivity contribution in [2.45, 2.75) is 0 Å². The molecule has 7 heteroatoms. The summed E-state index contributed by atoms with van der Waals surface area (Å²) in [5, 5.41) is 1.79. The van der Waals surface area contributed by atoms with E-state index in [9.17, 15) is 0 Å². The number of rotatable bonds is 8. The third-order valence-corrected chi connectivity index (χ3v) is 11.3. The van der Waals surface area contributed by atoms with Crippen LogP contribution in [0.15, 0.2) is 212 Å². The molecule has 11 aromatic rings. The first-order valence-electron chi connectivity index (χ1n) is 22.8. The van der Waals surface area contributed by atoms with Crippen molar-refractivity contribution in [2.75, 3.05) is 9.80 Å². The summed E-state index contributed by atoms with van der Waals surface area (Å²) in [5.74, 6) is 1.23. The molecule has 0 saturated carbocycles. The summed E-state index contributed by atoms with van der Waals surface area (Å²) in [6, 6.07) is 65.8. The van der Waals surface area contributed by atoms with Crippen molar-refractivity contribution >= 4 is 55.6 Å². The quantitative estimate of drug-likeness (QED) is 0.142. The Hall–Kier alpha value is -7.66. The van der Waals surface area contributed by atoms with Crippen LogP contribution < -0.4 is 14.5 Å². The molecular weight excluding hydrogens is 954 g/mol. The molecule has 0 spiro atoms. The van der Waals surface area contributed by atoms with Gasteiger partial charge in [-0.15, -0.1) is 48.1 Å². The summed E-state index contributed by atoms with van der Waals surface area (Å²) < 4.78 is 53.6. The first kappa shape index (κ1) is 33.0. The minimum Gasteiger partial charge on any atom is -0.509 e. The molecule has 0 fully saturated rings. The van der Waals surface area contributed by atoms with Crippen molar-refractivity contribution in [3.63, 3.8) is 0 Å². The van der Waals surface area contributed by atoms with Crippen LogP contribution in [0.3, 0.4) is 0 Å². The molecule has 2 aromatic heterocycles. The fourth-order valence-electron chi connectivity index (χ4n) is 8.62. The normalized spacial score (nSPS) is 13.3. The van der Waals surface area contributed by atoms with Gasteiger partial charge in [0.2, 0.25) is 5.95 Å². The van der Waals surface area contributed by atoms with E-state index in [-0.39, 0.29) is 38.8 Å². The molecule has 304 valence electrons. The van der Waals surface area contributed by atoms with Gasteiger partial charge in [-0.05, 0) is 58.9 Å². The number of para-hydroxylation sites is 7. The van der Waals surface area contributed by atoms with Crippen molar-refractivity contribution in [1.82, 2.24) is 14.1 Å². The second-order valence-corrected chi connectivity index (χ2v) is 14.9. The average molecular weight is 995 g/mol. The van der Waals surface area contributed by atoms with E-state index >= 15 is 0 Å². The molecule has 1 aliphatic rings. The maximum Gasteiger partial charge on any atom is 0.218 e. The number of hydrogen-bond donors (Lipinski definition) is 0. The largest absolute Gasteiger partial charge is 0.509 e. The fraction of sp³-hybridized carbons (Fsp3) is 0. The van der Waals surface area contributed by atoms with Crippen molar-refractivity contribution in [3.8, 4) is 45.4 Å². The summed E-state index contributed by atoms with van der Waals surface area (Å²) in [6.45, 7) is 2.12. The second kappa shape index (κ2) is 16.0. The Bertz CT molecular complexity index is 3660. The summed E-state index contributed by atoms with van der Waals surface area (Å²) in [6.07, 6.45) is 0. The molecule has 9 aromatic carbocycles. The van der Waals surface area contributed by atoms with E-state index in [1.54, 1.807) is 4.57 Å². The molecule has 12 rings (SSSR count). The Morgan fingerprint density at radius 1 is 0.508 bits per heavy atom. The average Bonchev–Trinajstić information content (AvgIpc) is 4.05. The SMILES string of the molecule is [2H]c1c([2H])c([2H])c(-n2c(-n3c4[c-]c(Oc5[c-]c(N6[CH-]N(c7c(-c8ccccc8)cccc7-c7ccccc7)c7ccccc76)ccc5)ccc4c4ccccc43)nc3ccccc32)c([2H])c1[2H].[Pt]. The van der Waals surface area contributed by atoms with Crippen LogP contribution in [0.2, 0.25) is 0 Å². The Balaban J connectivity index is 0.00000507. The van der Waals surface area contributed by atoms with Gasteiger partial charge in [-0.3, -0.25) is 4.57 Å². The third kappa shape index (κ3) is 6.59. The van der Waals surface area contributed by atoms with E-state index in [2.05, 4.69) is 114 Å². The van der Waals surface area contributed by atoms with E-state index in [1.807, 2.05) is 102 Å². The van der Waals surface area contributed by atoms with Gasteiger partial charge < -0.3 is 19.1 Å². The number of fused-ring (bicyclic) bond motifs is 5. The van der Waals surface area contributed by atoms with E-state index < -0.39 is 18.1 Å². The number of imidazole rings is 1. The first-order valence-corrected chi connectivity index (χ1v) is 20.3. The van der Waals surface area contributed by atoms with Gasteiger partial charge in [-0.1, -0.05) is 145 Å². The molecule has 0 atom stereocenters. The van der Waals surface area contributed by atoms with Crippen LogP contribution in [0, 0.1) is 18.8 Å². The summed E-state index contributed by atoms with van der Waals surface area (Å²) in [7, 11) is 0. The van der Waals surface area contributed by atoms with Gasteiger partial charge >= 0.3 is 0 Å². The molecule has 0 aliphatic carbocycles. The van der Waals surface area contributed by atoms with Gasteiger partial charge in [0.15, 0.2) is 0 Å². The number of ether oxygens (including phenoxy) is 1. The van der Waals surface area contributed by atoms with Gasteiger partial charge in [-0.25, -0.2) is 4.98 Å². The summed E-state index contributed by atoms with van der Waals surface area (Å²) in [4.78, 5) is 9.46. The predicted molar refractivity (Wildman–Crippen MR) is 252 cm³/mol. The van der Waals surface area contributed by atoms with Crippen LogP contribution in [-0.4, -0.2) is 14.1 Å². The monoisotopic (exact) mass is 994 g/mol. The summed E-state index contributed by atoms with van der Waals surface area (Å²) >= 11 is 0. The number of anilines is 4. The Labute approximate surface area is 386 Å². The van der Waals surface area contributed by atoms with Gasteiger partial charge in [0, 0.05) is 72.0 Å². The van der Waals surface area contributed by atoms with Crippen molar-refractivity contribution in [1.29, 1.82) is 0 Å². The molecule has 0 saturated heterocycles. The predicted octanol–water partition coefficient (Wildman–Crippen LogP) is 14.3. The van der Waals surface area contributed by atoms with Gasteiger partial charge in [-0.2, -0.15) is 12.1 Å². The van der Waals surface area contributed by atoms with E-state index in [0.29, 0.717) is 34.0 Å². The number of nitrogens with zero attached hydrogens (tertiary/aromatic N) is 5. The van der Waals surface area contributed by atoms with E-state index in [0.717, 1.165) is 61.3 Å². The van der Waals surface area contributed by atoms with Crippen molar-refractivity contribution in [3.05, 3.63) is 231 Å². The molecule has 0 N–H and O–H groups in total. The second-order valence-electron chi connectivity index (χ2n) is 14.9. The van der Waals surface area contributed by atoms with Gasteiger partial charge in [0.1, 0.15) is 0 Å². The Morgan fingerprint density at radius 3 is 1.87 bits per heavy atom. The Kier molecular flexibility index (Phi) is 8.38. The molecule has 0 bridgehead atoms. The van der Waals surface area contributed by atoms with Crippen LogP contribution in [0.5, 0.6) is 11.5 Å². The van der Waals surface area contributed by atoms with Crippen molar-refractivity contribution in [2.24, 2.45) is 0 Å². The number of aromatic nitrogens is 3. The Morgan fingerprint density at radius 2 is 1.13 bits per heavy atom. The molecular formula is C56H36N5OPt-3. The molecule has 63 heavy (non-hydrogen) atoms. The number of benzene rings is 9. The molecule has 6 nitrogen and oxygen atoms in total. The molecule has 3 heterocycles. The summed E-state index contributed by atoms with van der Waals surface area (Å²) in [5.41, 5.74) is 10.8. The first-order chi connectivity index (χ1) is 32.8. The topological polar surface area (TPSA) is 38.5 Å². The standard InChI is InChI=1S/C56H36N5O.Pt/c1-4-18-39(19-5-1)45-27-17-28-46(40-20-6-2-7-21-40)55(45)59-38-58(52-32-14-15-33-53(52)59)42-24-16-25-43(36-42)62-44-34-35-48-47-26-10-12-30-50(47)61(54(48)37-44)56-57-49-29-11-13-31-51(49)60(56)41-22-8-3-9-23-41;/h1-35,38H;/q-3;/i3D,8D,9D,22D,23D;. The van der Waals surface area contributed by atoms with E-state index in [4.69, 9.17) is 16.6 Å². The van der Waals surface area contributed by atoms with Crippen LogP contribution in [0.4, 0.5) is 22.7 Å². The van der Waals surface area contributed by atoms with Gasteiger partial charge in [0.05, 0.1) is 17.9 Å². The molecule has 0 amide bonds. The smallest absolute Gasteiger partial charge is 0.218 e. The van der Waals surface area contributed by atoms with Crippen LogP contribution in [0.1, 0.15) is 6.85 Å².